The van der Waals surface area contributed by atoms with Crippen molar-refractivity contribution in [3.63, 3.8) is 0 Å². The van der Waals surface area contributed by atoms with Gasteiger partial charge in [-0.2, -0.15) is 0 Å². The number of rotatable bonds is 13. The number of carboxylic acid groups (broad SMARTS) is 1. The molecule has 9 nitrogen and oxygen atoms in total. The lowest BCUT2D eigenvalue weighted by Gasteiger charge is -2.28. The highest BCUT2D eigenvalue weighted by atomic mass is 31.2. The van der Waals surface area contributed by atoms with Gasteiger partial charge in [-0.05, 0) is 55.8 Å². The van der Waals surface area contributed by atoms with Gasteiger partial charge in [-0.25, -0.2) is 4.79 Å². The van der Waals surface area contributed by atoms with Crippen LogP contribution in [0.1, 0.15) is 46.5 Å². The molecule has 0 aromatic heterocycles. The molecule has 10 heteroatoms. The van der Waals surface area contributed by atoms with E-state index in [-0.39, 0.29) is 14.3 Å². The van der Waals surface area contributed by atoms with E-state index in [1.807, 2.05) is 6.07 Å². The summed E-state index contributed by atoms with van der Waals surface area (Å²) in [5.41, 5.74) is 12.6. The number of anilines is 1. The molecule has 1 aromatic carbocycles. The zero-order valence-electron chi connectivity index (χ0n) is 16.9. The number of aryl methyl sites for hydroxylation is 1. The van der Waals surface area contributed by atoms with Crippen molar-refractivity contribution in [2.75, 3.05) is 12.3 Å². The van der Waals surface area contributed by atoms with Gasteiger partial charge in [0.1, 0.15) is 5.78 Å². The second-order valence-corrected chi connectivity index (χ2v) is 9.18. The van der Waals surface area contributed by atoms with Gasteiger partial charge in [-0.3, -0.25) is 13.9 Å². The third kappa shape index (κ3) is 8.95. The van der Waals surface area contributed by atoms with Gasteiger partial charge >= 0.3 is 13.6 Å². The highest BCUT2D eigenvalue weighted by Gasteiger charge is 2.40. The van der Waals surface area contributed by atoms with Crippen molar-refractivity contribution in [3.8, 4) is 0 Å². The summed E-state index contributed by atoms with van der Waals surface area (Å²) in [6.07, 6.45) is 0.151. The van der Waals surface area contributed by atoms with Crippen LogP contribution in [0.5, 0.6) is 0 Å². The minimum atomic E-state index is -4.44. The normalized spacial score (nSPS) is 15.5. The van der Waals surface area contributed by atoms with Crippen LogP contribution >= 0.6 is 7.60 Å². The molecule has 3 atom stereocenters. The number of nitrogens with one attached hydrogen (secondary N) is 1. The van der Waals surface area contributed by atoms with Gasteiger partial charge in [0.25, 0.3) is 0 Å². The zero-order valence-corrected chi connectivity index (χ0v) is 17.8. The molecule has 29 heavy (non-hydrogen) atoms. The van der Waals surface area contributed by atoms with Gasteiger partial charge in [-0.1, -0.05) is 26.0 Å². The van der Waals surface area contributed by atoms with E-state index in [9.17, 15) is 24.2 Å². The van der Waals surface area contributed by atoms with Crippen LogP contribution in [0.4, 0.5) is 5.69 Å². The van der Waals surface area contributed by atoms with Crippen LogP contribution in [0, 0.1) is 5.92 Å². The average molecular weight is 431 g/mol. The molecule has 166 valence electrons. The Labute approximate surface area is 172 Å². The SMILES string of the molecule is CC(C)C(NC(=O)CCc1cccc(N)c1)P(=O)(O)OC(CCCCN)C(=O)O.[HH]. The number of amides is 1. The molecule has 0 bridgehead atoms. The summed E-state index contributed by atoms with van der Waals surface area (Å²) in [6.45, 7) is 3.69. The van der Waals surface area contributed by atoms with Crippen LogP contribution in [0.25, 0.3) is 0 Å². The number of nitrogen functional groups attached to an aromatic ring is 1. The largest absolute Gasteiger partial charge is 0.479 e. The maximum Gasteiger partial charge on any atom is 0.351 e. The van der Waals surface area contributed by atoms with Crippen LogP contribution in [0.3, 0.4) is 0 Å². The minimum absolute atomic E-state index is 0. The van der Waals surface area contributed by atoms with E-state index in [4.69, 9.17) is 16.0 Å². The van der Waals surface area contributed by atoms with E-state index in [0.717, 1.165) is 5.56 Å². The molecule has 1 aromatic rings. The van der Waals surface area contributed by atoms with E-state index in [1.54, 1.807) is 32.0 Å². The Kier molecular flexibility index (Phi) is 10.3. The number of aliphatic carboxylic acids is 1. The number of carbonyl (C=O) groups is 2. The molecule has 0 saturated carbocycles. The smallest absolute Gasteiger partial charge is 0.351 e. The Hall–Kier alpha value is -1.93. The van der Waals surface area contributed by atoms with Crippen LogP contribution in [-0.2, 0) is 25.1 Å². The van der Waals surface area contributed by atoms with Crippen LogP contribution < -0.4 is 16.8 Å². The van der Waals surface area contributed by atoms with Crippen molar-refractivity contribution < 1.29 is 30.1 Å². The lowest BCUT2D eigenvalue weighted by atomic mass is 10.1. The standard InChI is InChI=1S/C19H32N3O6P.H2/c1-13(2)18(22-17(23)10-9-14-6-5-7-15(21)12-14)29(26,27)28-16(19(24)25)8-3-4-11-20;/h5-7,12-13,16,18H,3-4,8-11,20-21H2,1-2H3,(H,22,23)(H,24,25)(H,26,27);1H. The molecule has 0 radical (unpaired) electrons. The second-order valence-electron chi connectivity index (χ2n) is 7.28. The van der Waals surface area contributed by atoms with Crippen LogP contribution in [0.2, 0.25) is 0 Å². The molecule has 0 spiro atoms. The first-order valence-corrected chi connectivity index (χ1v) is 11.3. The number of nitrogens with two attached hydrogens (primary N) is 2. The van der Waals surface area contributed by atoms with E-state index < -0.39 is 37.3 Å². The molecular formula is C19H34N3O6P. The molecule has 0 fully saturated rings. The highest BCUT2D eigenvalue weighted by Crippen LogP contribution is 2.50. The van der Waals surface area contributed by atoms with Crippen molar-refractivity contribution in [3.05, 3.63) is 29.8 Å². The van der Waals surface area contributed by atoms with Crippen molar-refractivity contribution in [2.24, 2.45) is 11.7 Å². The number of hydrogen-bond acceptors (Lipinski definition) is 6. The zero-order chi connectivity index (χ0) is 22.0. The van der Waals surface area contributed by atoms with Crippen LogP contribution in [0.15, 0.2) is 24.3 Å². The minimum Gasteiger partial charge on any atom is -0.479 e. The summed E-state index contributed by atoms with van der Waals surface area (Å²) < 4.78 is 17.9. The highest BCUT2D eigenvalue weighted by molar-refractivity contribution is 7.53. The molecule has 1 rings (SSSR count). The van der Waals surface area contributed by atoms with Gasteiger partial charge in [0.15, 0.2) is 6.10 Å². The van der Waals surface area contributed by atoms with E-state index in [2.05, 4.69) is 5.32 Å². The van der Waals surface area contributed by atoms with Crippen molar-refractivity contribution in [2.45, 2.75) is 57.8 Å². The summed E-state index contributed by atoms with van der Waals surface area (Å²) in [4.78, 5) is 34.1. The number of carboxylic acids is 1. The lowest BCUT2D eigenvalue weighted by molar-refractivity contribution is -0.145. The molecule has 0 aliphatic carbocycles. The Morgan fingerprint density at radius 2 is 2.00 bits per heavy atom. The quantitative estimate of drug-likeness (QED) is 0.180. The number of unbranched alkanes of at least 4 members (excludes halogenated alkanes) is 1. The number of hydrogen-bond donors (Lipinski definition) is 5. The van der Waals surface area contributed by atoms with Crippen molar-refractivity contribution in [1.29, 1.82) is 0 Å². The topological polar surface area (TPSA) is 165 Å². The number of carbonyl (C=O) groups excluding carboxylic acids is 1. The van der Waals surface area contributed by atoms with Crippen LogP contribution in [-0.4, -0.2) is 40.3 Å². The first kappa shape index (κ1) is 25.1. The predicted molar refractivity (Wildman–Crippen MR) is 113 cm³/mol. The fraction of sp³-hybridized carbons (Fsp3) is 0.579. The first-order valence-electron chi connectivity index (χ1n) is 9.64. The monoisotopic (exact) mass is 431 g/mol. The Morgan fingerprint density at radius 3 is 2.55 bits per heavy atom. The molecule has 7 N–H and O–H groups in total. The lowest BCUT2D eigenvalue weighted by Crippen LogP contribution is -2.40. The number of benzene rings is 1. The van der Waals surface area contributed by atoms with Gasteiger partial charge in [0.05, 0.1) is 0 Å². The van der Waals surface area contributed by atoms with E-state index >= 15 is 0 Å². The molecule has 3 unspecified atom stereocenters. The summed E-state index contributed by atoms with van der Waals surface area (Å²) in [7, 11) is -4.44. The molecule has 0 aliphatic heterocycles. The summed E-state index contributed by atoms with van der Waals surface area (Å²) in [5.74, 6) is -3.42. The molecule has 0 saturated heterocycles. The van der Waals surface area contributed by atoms with Crippen molar-refractivity contribution >= 4 is 25.2 Å². The fourth-order valence-corrected chi connectivity index (χ4v) is 4.56. The average Bonchev–Trinajstić information content (AvgIpc) is 2.63. The Bertz CT molecular complexity index is 734. The second kappa shape index (κ2) is 11.9. The summed E-state index contributed by atoms with van der Waals surface area (Å²) in [5, 5.41) is 11.8. The molecule has 0 heterocycles. The molecule has 0 aliphatic rings. The summed E-state index contributed by atoms with van der Waals surface area (Å²) >= 11 is 0. The van der Waals surface area contributed by atoms with Gasteiger partial charge in [0.2, 0.25) is 5.91 Å². The third-order valence-corrected chi connectivity index (χ3v) is 6.34. The third-order valence-electron chi connectivity index (χ3n) is 4.36. The van der Waals surface area contributed by atoms with Gasteiger partial charge in [0, 0.05) is 13.5 Å². The molecule has 1 amide bonds. The predicted octanol–water partition coefficient (Wildman–Crippen LogP) is 2.33. The van der Waals surface area contributed by atoms with Gasteiger partial charge < -0.3 is 26.8 Å². The summed E-state index contributed by atoms with van der Waals surface area (Å²) in [6, 6.07) is 7.12. The molecular weight excluding hydrogens is 397 g/mol. The fourth-order valence-electron chi connectivity index (χ4n) is 2.81. The Morgan fingerprint density at radius 1 is 1.31 bits per heavy atom. The maximum absolute atomic E-state index is 12.8. The van der Waals surface area contributed by atoms with Crippen molar-refractivity contribution in [1.82, 2.24) is 5.32 Å². The first-order chi connectivity index (χ1) is 13.6. The van der Waals surface area contributed by atoms with E-state index in [0.29, 0.717) is 31.5 Å². The Balaban J connectivity index is 0.00000841. The maximum atomic E-state index is 12.8. The van der Waals surface area contributed by atoms with E-state index in [1.165, 1.54) is 0 Å². The van der Waals surface area contributed by atoms with Gasteiger partial charge in [-0.15, -0.1) is 0 Å².